The van der Waals surface area contributed by atoms with Crippen molar-refractivity contribution in [3.05, 3.63) is 40.6 Å². The Morgan fingerprint density at radius 3 is 2.86 bits per heavy atom. The van der Waals surface area contributed by atoms with Crippen LogP contribution >= 0.6 is 11.3 Å². The molecule has 2 N–H and O–H groups in total. The maximum atomic E-state index is 13.7. The largest absolute Gasteiger partial charge is 0.337 e. The SMILES string of the molecule is C[C@@H](CNC(=O)Nc1ccc([S@@](C)=O)c(F)c1)c1nccs1. The van der Waals surface area contributed by atoms with Gasteiger partial charge in [-0.2, -0.15) is 0 Å². The van der Waals surface area contributed by atoms with Gasteiger partial charge in [0.05, 0.1) is 20.7 Å². The molecule has 0 saturated heterocycles. The monoisotopic (exact) mass is 341 g/mol. The first-order valence-electron chi connectivity index (χ1n) is 6.54. The minimum atomic E-state index is -1.40. The molecule has 1 aromatic carbocycles. The summed E-state index contributed by atoms with van der Waals surface area (Å²) in [6.45, 7) is 2.39. The van der Waals surface area contributed by atoms with Crippen LogP contribution in [0.1, 0.15) is 17.8 Å². The van der Waals surface area contributed by atoms with E-state index in [-0.39, 0.29) is 10.8 Å². The van der Waals surface area contributed by atoms with Crippen molar-refractivity contribution >= 4 is 33.9 Å². The number of carbonyl (C=O) groups is 1. The second-order valence-electron chi connectivity index (χ2n) is 4.71. The lowest BCUT2D eigenvalue weighted by Crippen LogP contribution is -2.31. The van der Waals surface area contributed by atoms with Crippen molar-refractivity contribution in [1.29, 1.82) is 0 Å². The van der Waals surface area contributed by atoms with E-state index >= 15 is 0 Å². The van der Waals surface area contributed by atoms with Crippen LogP contribution < -0.4 is 10.6 Å². The summed E-state index contributed by atoms with van der Waals surface area (Å²) < 4.78 is 24.9. The van der Waals surface area contributed by atoms with Crippen molar-refractivity contribution in [2.45, 2.75) is 17.7 Å². The number of rotatable bonds is 5. The minimum absolute atomic E-state index is 0.104. The number of nitrogens with one attached hydrogen (secondary N) is 2. The predicted molar refractivity (Wildman–Crippen MR) is 86.3 cm³/mol. The van der Waals surface area contributed by atoms with Crippen LogP contribution in [0.2, 0.25) is 0 Å². The predicted octanol–water partition coefficient (Wildman–Crippen LogP) is 2.94. The molecule has 0 fully saturated rings. The van der Waals surface area contributed by atoms with E-state index < -0.39 is 22.6 Å². The smallest absolute Gasteiger partial charge is 0.319 e. The third-order valence-corrected chi connectivity index (χ3v) is 4.90. The van der Waals surface area contributed by atoms with Gasteiger partial charge in [-0.1, -0.05) is 6.92 Å². The highest BCUT2D eigenvalue weighted by molar-refractivity contribution is 7.84. The van der Waals surface area contributed by atoms with Gasteiger partial charge in [0.15, 0.2) is 0 Å². The molecule has 0 aliphatic carbocycles. The fourth-order valence-electron chi connectivity index (χ4n) is 1.80. The van der Waals surface area contributed by atoms with E-state index in [1.165, 1.54) is 29.7 Å². The summed E-state index contributed by atoms with van der Waals surface area (Å²) in [6.07, 6.45) is 3.12. The molecule has 2 atom stereocenters. The first-order valence-corrected chi connectivity index (χ1v) is 8.98. The topological polar surface area (TPSA) is 71.1 Å². The fourth-order valence-corrected chi connectivity index (χ4v) is 3.09. The first-order chi connectivity index (χ1) is 10.5. The summed E-state index contributed by atoms with van der Waals surface area (Å²) >= 11 is 1.53. The number of carbonyl (C=O) groups excluding carboxylic acids is 1. The van der Waals surface area contributed by atoms with Crippen LogP contribution in [0.5, 0.6) is 0 Å². The van der Waals surface area contributed by atoms with E-state index in [9.17, 15) is 13.4 Å². The molecule has 0 aliphatic rings. The van der Waals surface area contributed by atoms with Gasteiger partial charge in [-0.15, -0.1) is 11.3 Å². The van der Waals surface area contributed by atoms with Gasteiger partial charge in [-0.3, -0.25) is 4.21 Å². The molecule has 2 rings (SSSR count). The number of hydrogen-bond acceptors (Lipinski definition) is 4. The third kappa shape index (κ3) is 4.35. The van der Waals surface area contributed by atoms with Gasteiger partial charge < -0.3 is 10.6 Å². The van der Waals surface area contributed by atoms with E-state index in [4.69, 9.17) is 0 Å². The Labute approximate surface area is 134 Å². The van der Waals surface area contributed by atoms with E-state index in [0.29, 0.717) is 12.2 Å². The molecule has 2 aromatic rings. The zero-order valence-electron chi connectivity index (χ0n) is 12.1. The molecule has 5 nitrogen and oxygen atoms in total. The van der Waals surface area contributed by atoms with Crippen molar-refractivity contribution in [3.63, 3.8) is 0 Å². The molecule has 0 unspecified atom stereocenters. The summed E-state index contributed by atoms with van der Waals surface area (Å²) in [5, 5.41) is 8.08. The van der Waals surface area contributed by atoms with Crippen molar-refractivity contribution in [1.82, 2.24) is 10.3 Å². The molecule has 22 heavy (non-hydrogen) atoms. The molecule has 0 spiro atoms. The highest BCUT2D eigenvalue weighted by Gasteiger charge is 2.11. The molecule has 2 amide bonds. The van der Waals surface area contributed by atoms with Crippen molar-refractivity contribution < 1.29 is 13.4 Å². The molecule has 0 radical (unpaired) electrons. The second kappa shape index (κ2) is 7.46. The number of hydrogen-bond donors (Lipinski definition) is 2. The van der Waals surface area contributed by atoms with E-state index in [1.54, 1.807) is 6.20 Å². The molecule has 0 bridgehead atoms. The number of urea groups is 1. The maximum absolute atomic E-state index is 13.7. The summed E-state index contributed by atoms with van der Waals surface area (Å²) in [6, 6.07) is 3.65. The average molecular weight is 341 g/mol. The van der Waals surface area contributed by atoms with Crippen LogP contribution in [0.3, 0.4) is 0 Å². The standard InChI is InChI=1S/C14H16FN3O2S2/c1-9(13-16-5-6-21-13)8-17-14(19)18-10-3-4-12(22(2)20)11(15)7-10/h3-7,9H,8H2,1-2H3,(H2,17,18,19)/t9-,22+/m0/s1. The number of halogens is 1. The molecule has 1 aromatic heterocycles. The van der Waals surface area contributed by atoms with Gasteiger partial charge in [0.2, 0.25) is 0 Å². The summed E-state index contributed by atoms with van der Waals surface area (Å²) in [7, 11) is -1.40. The van der Waals surface area contributed by atoms with Crippen LogP contribution in [0.15, 0.2) is 34.7 Å². The first kappa shape index (κ1) is 16.6. The van der Waals surface area contributed by atoms with Crippen LogP contribution in [0.4, 0.5) is 14.9 Å². The molecule has 118 valence electrons. The van der Waals surface area contributed by atoms with Crippen LogP contribution in [0.25, 0.3) is 0 Å². The molecular formula is C14H16FN3O2S2. The van der Waals surface area contributed by atoms with Crippen molar-refractivity contribution in [2.24, 2.45) is 0 Å². The lowest BCUT2D eigenvalue weighted by atomic mass is 10.2. The Bertz CT molecular complexity index is 677. The minimum Gasteiger partial charge on any atom is -0.337 e. The molecule has 8 heteroatoms. The van der Waals surface area contributed by atoms with Gasteiger partial charge >= 0.3 is 6.03 Å². The number of aromatic nitrogens is 1. The highest BCUT2D eigenvalue weighted by atomic mass is 32.2. The Hall–Kier alpha value is -1.80. The molecule has 0 saturated carbocycles. The van der Waals surface area contributed by atoms with Gasteiger partial charge in [-0.25, -0.2) is 14.2 Å². The number of benzene rings is 1. The zero-order chi connectivity index (χ0) is 16.1. The lowest BCUT2D eigenvalue weighted by molar-refractivity contribution is 0.251. The number of nitrogens with zero attached hydrogens (tertiary/aromatic N) is 1. The van der Waals surface area contributed by atoms with Gasteiger partial charge in [0.1, 0.15) is 5.82 Å². The van der Waals surface area contributed by atoms with E-state index in [2.05, 4.69) is 15.6 Å². The van der Waals surface area contributed by atoms with Gasteiger partial charge in [-0.05, 0) is 18.2 Å². The average Bonchev–Trinajstić information content (AvgIpc) is 2.98. The van der Waals surface area contributed by atoms with E-state index in [0.717, 1.165) is 11.1 Å². The fraction of sp³-hybridized carbons (Fsp3) is 0.286. The lowest BCUT2D eigenvalue weighted by Gasteiger charge is -2.11. The molecular weight excluding hydrogens is 325 g/mol. The Balaban J connectivity index is 1.89. The van der Waals surface area contributed by atoms with Crippen molar-refractivity contribution in [3.8, 4) is 0 Å². The van der Waals surface area contributed by atoms with Crippen LogP contribution in [-0.2, 0) is 10.8 Å². The summed E-state index contributed by atoms with van der Waals surface area (Å²) in [5.74, 6) is -0.498. The summed E-state index contributed by atoms with van der Waals surface area (Å²) in [4.78, 5) is 16.1. The molecule has 1 heterocycles. The Morgan fingerprint density at radius 1 is 1.50 bits per heavy atom. The van der Waals surface area contributed by atoms with Gasteiger partial charge in [0.25, 0.3) is 0 Å². The zero-order valence-corrected chi connectivity index (χ0v) is 13.8. The normalized spacial score (nSPS) is 13.4. The Kier molecular flexibility index (Phi) is 5.62. The quantitative estimate of drug-likeness (QED) is 0.878. The Morgan fingerprint density at radius 2 is 2.27 bits per heavy atom. The number of anilines is 1. The second-order valence-corrected chi connectivity index (χ2v) is 6.98. The van der Waals surface area contributed by atoms with Gasteiger partial charge in [0, 0.05) is 36.0 Å². The van der Waals surface area contributed by atoms with Crippen LogP contribution in [0, 0.1) is 5.82 Å². The molecule has 0 aliphatic heterocycles. The third-order valence-electron chi connectivity index (χ3n) is 2.94. The maximum Gasteiger partial charge on any atom is 0.319 e. The van der Waals surface area contributed by atoms with Crippen LogP contribution in [-0.4, -0.2) is 28.0 Å². The van der Waals surface area contributed by atoms with E-state index in [1.807, 2.05) is 12.3 Å². The highest BCUT2D eigenvalue weighted by Crippen LogP contribution is 2.18. The van der Waals surface area contributed by atoms with Crippen molar-refractivity contribution in [2.75, 3.05) is 18.1 Å². The summed E-state index contributed by atoms with van der Waals surface area (Å²) in [5.41, 5.74) is 0.311. The number of amides is 2. The number of thiazole rings is 1.